The highest BCUT2D eigenvalue weighted by Gasteiger charge is 2.68. The Morgan fingerprint density at radius 1 is 1.06 bits per heavy atom. The number of nitrogens with one attached hydrogen (secondary N) is 1. The van der Waals surface area contributed by atoms with Crippen LogP contribution in [0.15, 0.2) is 0 Å². The summed E-state index contributed by atoms with van der Waals surface area (Å²) in [7, 11) is 0.701. The molecule has 0 aromatic carbocycles. The van der Waals surface area contributed by atoms with Crippen LogP contribution in [0, 0.1) is 16.7 Å². The second-order valence-electron chi connectivity index (χ2n) is 3.29. The molecular formula is C8H10F6N2. The van der Waals surface area contributed by atoms with E-state index >= 15 is 0 Å². The highest BCUT2D eigenvalue weighted by molar-refractivity contribution is 5.21. The third-order valence-electron chi connectivity index (χ3n) is 2.53. The topological polar surface area (TPSA) is 35.8 Å². The molecule has 0 fully saturated rings. The summed E-state index contributed by atoms with van der Waals surface area (Å²) in [6.45, 7) is -5.81. The highest BCUT2D eigenvalue weighted by Crippen LogP contribution is 2.44. The lowest BCUT2D eigenvalue weighted by molar-refractivity contribution is -0.219. The molecule has 1 N–H and O–H groups in total. The normalized spacial score (nSPS) is 16.6. The summed E-state index contributed by atoms with van der Waals surface area (Å²) in [4.78, 5) is 0. The molecule has 0 bridgehead atoms. The van der Waals surface area contributed by atoms with E-state index in [1.165, 1.54) is 5.32 Å². The number of hydrogen-bond donors (Lipinski definition) is 1. The van der Waals surface area contributed by atoms with Crippen LogP contribution in [-0.2, 0) is 0 Å². The quantitative estimate of drug-likeness (QED) is 0.754. The van der Waals surface area contributed by atoms with Crippen LogP contribution in [0.25, 0.3) is 0 Å². The molecule has 0 radical (unpaired) electrons. The molecule has 0 amide bonds. The summed E-state index contributed by atoms with van der Waals surface area (Å²) in [6, 6.07) is 0.743. The molecule has 1 atom stereocenters. The first-order valence-corrected chi connectivity index (χ1v) is 4.15. The van der Waals surface area contributed by atoms with Crippen molar-refractivity contribution in [3.63, 3.8) is 0 Å². The molecule has 16 heavy (non-hydrogen) atoms. The Morgan fingerprint density at radius 2 is 1.44 bits per heavy atom. The summed E-state index contributed by atoms with van der Waals surface area (Å²) >= 11 is 0. The minimum atomic E-state index is -5.29. The number of hydrogen-bond acceptors (Lipinski definition) is 2. The fourth-order valence-corrected chi connectivity index (χ4v) is 1.35. The zero-order valence-corrected chi connectivity index (χ0v) is 8.34. The van der Waals surface area contributed by atoms with Gasteiger partial charge in [-0.05, 0) is 7.05 Å². The second kappa shape index (κ2) is 4.91. The van der Waals surface area contributed by atoms with E-state index in [-0.39, 0.29) is 0 Å². The molecule has 0 aliphatic rings. The van der Waals surface area contributed by atoms with Gasteiger partial charge in [-0.15, -0.1) is 0 Å². The molecule has 0 spiro atoms. The summed E-state index contributed by atoms with van der Waals surface area (Å²) in [6.07, 6.45) is -5.29. The second-order valence-corrected chi connectivity index (χ2v) is 3.29. The van der Waals surface area contributed by atoms with Crippen molar-refractivity contribution >= 4 is 0 Å². The van der Waals surface area contributed by atoms with Gasteiger partial charge in [0.25, 0.3) is 0 Å². The van der Waals surface area contributed by atoms with Crippen molar-refractivity contribution in [1.29, 1.82) is 5.26 Å². The van der Waals surface area contributed by atoms with E-state index in [2.05, 4.69) is 0 Å². The highest BCUT2D eigenvalue weighted by atomic mass is 19.4. The molecule has 94 valence electrons. The molecule has 0 saturated heterocycles. The first-order chi connectivity index (χ1) is 7.30. The van der Waals surface area contributed by atoms with Crippen LogP contribution in [0.2, 0.25) is 0 Å². The molecule has 0 aromatic heterocycles. The van der Waals surface area contributed by atoms with Crippen LogP contribution in [0.4, 0.5) is 26.3 Å². The van der Waals surface area contributed by atoms with Crippen molar-refractivity contribution in [3.8, 4) is 6.07 Å². The van der Waals surface area contributed by atoms with Gasteiger partial charge in [0.15, 0.2) is 0 Å². The number of nitrogens with zero attached hydrogens (tertiary/aromatic N) is 1. The Kier molecular flexibility index (Phi) is 4.61. The SMILES string of the molecule is CNC(C#N)(C(F)(F)F)C(CF)(CF)CF. The number of alkyl halides is 6. The van der Waals surface area contributed by atoms with Gasteiger partial charge in [-0.2, -0.15) is 18.4 Å². The molecule has 0 saturated carbocycles. The summed E-state index contributed by atoms with van der Waals surface area (Å²) in [5.41, 5.74) is -6.66. The first-order valence-electron chi connectivity index (χ1n) is 4.15. The standard InChI is InChI=1S/C8H10F6N2/c1-16-7(5-15,8(12,13)14)6(2-9,3-10)4-11/h16H,2-4H2,1H3. The molecule has 0 aliphatic heterocycles. The zero-order valence-electron chi connectivity index (χ0n) is 8.34. The van der Waals surface area contributed by atoms with Crippen molar-refractivity contribution in [2.24, 2.45) is 5.41 Å². The Hall–Kier alpha value is -0.970. The maximum atomic E-state index is 12.6. The lowest BCUT2D eigenvalue weighted by atomic mass is 9.72. The maximum Gasteiger partial charge on any atom is 0.420 e. The van der Waals surface area contributed by atoms with E-state index in [1.54, 1.807) is 0 Å². The van der Waals surface area contributed by atoms with Crippen LogP contribution >= 0.6 is 0 Å². The van der Waals surface area contributed by atoms with Gasteiger partial charge in [-0.25, -0.2) is 0 Å². The molecule has 8 heteroatoms. The van der Waals surface area contributed by atoms with E-state index in [4.69, 9.17) is 5.26 Å². The average Bonchev–Trinajstić information content (AvgIpc) is 2.24. The predicted octanol–water partition coefficient (Wildman–Crippen LogP) is 1.93. The van der Waals surface area contributed by atoms with Crippen molar-refractivity contribution < 1.29 is 26.3 Å². The lowest BCUT2D eigenvalue weighted by Gasteiger charge is -2.41. The molecule has 0 rings (SSSR count). The molecule has 1 unspecified atom stereocenters. The largest absolute Gasteiger partial charge is 0.420 e. The predicted molar refractivity (Wildman–Crippen MR) is 43.8 cm³/mol. The minimum absolute atomic E-state index is 0.701. The van der Waals surface area contributed by atoms with Gasteiger partial charge in [0.1, 0.15) is 20.0 Å². The molecule has 2 nitrogen and oxygen atoms in total. The van der Waals surface area contributed by atoms with Gasteiger partial charge < -0.3 is 0 Å². The van der Waals surface area contributed by atoms with Gasteiger partial charge >= 0.3 is 6.18 Å². The Balaban J connectivity index is 5.77. The molecule has 0 aliphatic carbocycles. The summed E-state index contributed by atoms with van der Waals surface area (Å²) < 4.78 is 75.6. The van der Waals surface area contributed by atoms with Crippen molar-refractivity contribution in [2.75, 3.05) is 27.1 Å². The van der Waals surface area contributed by atoms with Crippen molar-refractivity contribution in [1.82, 2.24) is 5.32 Å². The number of nitriles is 1. The fourth-order valence-electron chi connectivity index (χ4n) is 1.35. The van der Waals surface area contributed by atoms with Gasteiger partial charge in [0.05, 0.1) is 11.5 Å². The number of halogens is 6. The van der Waals surface area contributed by atoms with Crippen LogP contribution in [0.1, 0.15) is 0 Å². The van der Waals surface area contributed by atoms with Gasteiger partial charge in [-0.3, -0.25) is 18.5 Å². The molecular weight excluding hydrogens is 238 g/mol. The Labute approximate surface area is 88.2 Å². The van der Waals surface area contributed by atoms with Crippen LogP contribution in [-0.4, -0.2) is 38.8 Å². The summed E-state index contributed by atoms with van der Waals surface area (Å²) in [5, 5.41) is 10.0. The van der Waals surface area contributed by atoms with Gasteiger partial charge in [-0.1, -0.05) is 0 Å². The summed E-state index contributed by atoms with van der Waals surface area (Å²) in [5.74, 6) is 0. The smallest absolute Gasteiger partial charge is 0.294 e. The first kappa shape index (κ1) is 15.0. The minimum Gasteiger partial charge on any atom is -0.294 e. The molecule has 0 aromatic rings. The third kappa shape index (κ3) is 1.84. The van der Waals surface area contributed by atoms with Gasteiger partial charge in [0.2, 0.25) is 5.54 Å². The van der Waals surface area contributed by atoms with E-state index < -0.39 is 37.2 Å². The van der Waals surface area contributed by atoms with Crippen LogP contribution < -0.4 is 5.32 Å². The van der Waals surface area contributed by atoms with E-state index in [0.29, 0.717) is 7.05 Å². The lowest BCUT2D eigenvalue weighted by Crippen LogP contribution is -2.68. The average molecular weight is 248 g/mol. The Morgan fingerprint density at radius 3 is 1.50 bits per heavy atom. The zero-order chi connectivity index (χ0) is 13.0. The van der Waals surface area contributed by atoms with Crippen LogP contribution in [0.5, 0.6) is 0 Å². The number of rotatable bonds is 5. The Bertz CT molecular complexity index is 258. The van der Waals surface area contributed by atoms with E-state index in [1.807, 2.05) is 0 Å². The van der Waals surface area contributed by atoms with Crippen LogP contribution in [0.3, 0.4) is 0 Å². The molecule has 0 heterocycles. The van der Waals surface area contributed by atoms with E-state index in [9.17, 15) is 26.3 Å². The maximum absolute atomic E-state index is 12.6. The third-order valence-corrected chi connectivity index (χ3v) is 2.53. The van der Waals surface area contributed by atoms with E-state index in [0.717, 1.165) is 6.07 Å². The monoisotopic (exact) mass is 248 g/mol. The van der Waals surface area contributed by atoms with Crippen molar-refractivity contribution in [2.45, 2.75) is 11.7 Å². The van der Waals surface area contributed by atoms with Gasteiger partial charge in [0, 0.05) is 0 Å². The van der Waals surface area contributed by atoms with Crippen molar-refractivity contribution in [3.05, 3.63) is 0 Å². The fraction of sp³-hybridized carbons (Fsp3) is 0.875.